The van der Waals surface area contributed by atoms with Crippen molar-refractivity contribution in [3.05, 3.63) is 87.5 Å². The molecule has 6 nitrogen and oxygen atoms in total. The Labute approximate surface area is 169 Å². The molecule has 2 N–H and O–H groups in total. The van der Waals surface area contributed by atoms with Crippen molar-refractivity contribution in [2.24, 2.45) is 10.9 Å². The summed E-state index contributed by atoms with van der Waals surface area (Å²) in [5, 5.41) is 4.36. The van der Waals surface area contributed by atoms with Gasteiger partial charge in [0.1, 0.15) is 23.9 Å². The molecule has 3 rings (SSSR count). The van der Waals surface area contributed by atoms with Crippen molar-refractivity contribution >= 4 is 35.0 Å². The lowest BCUT2D eigenvalue weighted by molar-refractivity contribution is 0.0475. The van der Waals surface area contributed by atoms with Gasteiger partial charge in [0.05, 0.1) is 5.02 Å². The molecule has 0 amide bonds. The molecule has 0 unspecified atom stereocenters. The summed E-state index contributed by atoms with van der Waals surface area (Å²) in [5.74, 6) is -0.645. The number of halogens is 3. The zero-order valence-corrected chi connectivity index (χ0v) is 15.7. The van der Waals surface area contributed by atoms with Crippen molar-refractivity contribution in [1.29, 1.82) is 0 Å². The summed E-state index contributed by atoms with van der Waals surface area (Å²) in [7, 11) is 0. The van der Waals surface area contributed by atoms with Crippen LogP contribution < -0.4 is 10.5 Å². The molecule has 0 radical (unpaired) electrons. The minimum absolute atomic E-state index is 0.0373. The van der Waals surface area contributed by atoms with Crippen molar-refractivity contribution in [3.8, 4) is 5.75 Å². The Kier molecular flexibility index (Phi) is 6.18. The van der Waals surface area contributed by atoms with E-state index in [0.29, 0.717) is 27.1 Å². The standard InChI is InChI=1S/C19H13Cl2FN2O4/c20-12-3-7-16(15(21)9-12)26-10-14-6-8-17(27-14)19(25)28-24-18(23)11-1-4-13(22)5-2-11/h1-9H,10H2,(H2,23,24). The number of benzene rings is 2. The number of amidine groups is 1. The largest absolute Gasteiger partial charge is 0.484 e. The topological polar surface area (TPSA) is 87.1 Å². The van der Waals surface area contributed by atoms with Gasteiger partial charge in [-0.2, -0.15) is 0 Å². The predicted octanol–water partition coefficient (Wildman–Crippen LogP) is 4.78. The summed E-state index contributed by atoms with van der Waals surface area (Å²) in [6, 6.07) is 13.0. The van der Waals surface area contributed by atoms with Gasteiger partial charge in [-0.3, -0.25) is 0 Å². The second kappa shape index (κ2) is 8.77. The van der Waals surface area contributed by atoms with E-state index >= 15 is 0 Å². The normalized spacial score (nSPS) is 11.3. The molecule has 0 aliphatic rings. The maximum absolute atomic E-state index is 12.9. The lowest BCUT2D eigenvalue weighted by Gasteiger charge is -2.06. The summed E-state index contributed by atoms with van der Waals surface area (Å²) in [6.07, 6.45) is 0. The van der Waals surface area contributed by atoms with Crippen LogP contribution in [0.1, 0.15) is 21.9 Å². The van der Waals surface area contributed by atoms with Crippen LogP contribution in [-0.4, -0.2) is 11.8 Å². The van der Waals surface area contributed by atoms with E-state index in [-0.39, 0.29) is 18.2 Å². The minimum atomic E-state index is -0.846. The monoisotopic (exact) mass is 422 g/mol. The molecular weight excluding hydrogens is 410 g/mol. The fourth-order valence-corrected chi connectivity index (χ4v) is 2.58. The van der Waals surface area contributed by atoms with Gasteiger partial charge in [-0.05, 0) is 54.6 Å². The highest BCUT2D eigenvalue weighted by Crippen LogP contribution is 2.28. The Morgan fingerprint density at radius 3 is 2.57 bits per heavy atom. The first-order chi connectivity index (χ1) is 13.4. The van der Waals surface area contributed by atoms with Crippen LogP contribution in [0.15, 0.2) is 64.2 Å². The van der Waals surface area contributed by atoms with Crippen molar-refractivity contribution in [1.82, 2.24) is 0 Å². The molecular formula is C19H13Cl2FN2O4. The van der Waals surface area contributed by atoms with Gasteiger partial charge in [-0.1, -0.05) is 28.4 Å². The van der Waals surface area contributed by atoms with Gasteiger partial charge in [-0.25, -0.2) is 9.18 Å². The van der Waals surface area contributed by atoms with Crippen molar-refractivity contribution < 1.29 is 23.2 Å². The van der Waals surface area contributed by atoms with Crippen molar-refractivity contribution in [2.75, 3.05) is 0 Å². The summed E-state index contributed by atoms with van der Waals surface area (Å²) in [6.45, 7) is 0.0373. The van der Waals surface area contributed by atoms with Crippen LogP contribution in [0.4, 0.5) is 4.39 Å². The lowest BCUT2D eigenvalue weighted by atomic mass is 10.2. The molecule has 0 saturated carbocycles. The van der Waals surface area contributed by atoms with E-state index in [1.54, 1.807) is 24.3 Å². The fourth-order valence-electron chi connectivity index (χ4n) is 2.12. The van der Waals surface area contributed by atoms with E-state index < -0.39 is 11.8 Å². The molecule has 144 valence electrons. The maximum Gasteiger partial charge on any atom is 0.400 e. The van der Waals surface area contributed by atoms with E-state index in [1.807, 2.05) is 0 Å². The second-order valence-electron chi connectivity index (χ2n) is 5.49. The van der Waals surface area contributed by atoms with E-state index in [4.69, 9.17) is 42.9 Å². The average Bonchev–Trinajstić information content (AvgIpc) is 3.15. The molecule has 9 heteroatoms. The van der Waals surface area contributed by atoms with Crippen LogP contribution in [0.2, 0.25) is 10.0 Å². The zero-order chi connectivity index (χ0) is 20.1. The molecule has 1 heterocycles. The third-order valence-electron chi connectivity index (χ3n) is 3.49. The number of rotatable bonds is 6. The number of oxime groups is 1. The molecule has 28 heavy (non-hydrogen) atoms. The Morgan fingerprint density at radius 2 is 1.86 bits per heavy atom. The Hall–Kier alpha value is -3.03. The average molecular weight is 423 g/mol. The van der Waals surface area contributed by atoms with Gasteiger partial charge in [-0.15, -0.1) is 0 Å². The highest BCUT2D eigenvalue weighted by atomic mass is 35.5. The van der Waals surface area contributed by atoms with Crippen LogP contribution in [0.3, 0.4) is 0 Å². The van der Waals surface area contributed by atoms with Gasteiger partial charge in [0, 0.05) is 10.6 Å². The van der Waals surface area contributed by atoms with Crippen LogP contribution in [-0.2, 0) is 11.4 Å². The van der Waals surface area contributed by atoms with Crippen molar-refractivity contribution in [3.63, 3.8) is 0 Å². The van der Waals surface area contributed by atoms with Gasteiger partial charge >= 0.3 is 5.97 Å². The van der Waals surface area contributed by atoms with Gasteiger partial charge in [0.2, 0.25) is 5.76 Å². The van der Waals surface area contributed by atoms with Gasteiger partial charge in [0.15, 0.2) is 5.84 Å². The molecule has 0 fully saturated rings. The summed E-state index contributed by atoms with van der Waals surface area (Å²) < 4.78 is 23.8. The van der Waals surface area contributed by atoms with Crippen LogP contribution in [0.5, 0.6) is 5.75 Å². The number of nitrogens with zero attached hydrogens (tertiary/aromatic N) is 1. The molecule has 2 aromatic carbocycles. The third-order valence-corrected chi connectivity index (χ3v) is 4.02. The van der Waals surface area contributed by atoms with Gasteiger partial charge in [0.25, 0.3) is 0 Å². The van der Waals surface area contributed by atoms with Crippen LogP contribution in [0.25, 0.3) is 0 Å². The maximum atomic E-state index is 12.9. The first-order valence-corrected chi connectivity index (χ1v) is 8.65. The summed E-state index contributed by atoms with van der Waals surface area (Å²) in [4.78, 5) is 16.7. The molecule has 0 aliphatic carbocycles. The number of hydrogen-bond acceptors (Lipinski definition) is 5. The number of carbonyl (C=O) groups is 1. The number of ether oxygens (including phenoxy) is 1. The van der Waals surface area contributed by atoms with E-state index in [0.717, 1.165) is 0 Å². The first kappa shape index (κ1) is 19.7. The van der Waals surface area contributed by atoms with Crippen LogP contribution in [0, 0.1) is 5.82 Å². The van der Waals surface area contributed by atoms with E-state index in [2.05, 4.69) is 5.16 Å². The number of hydrogen-bond donors (Lipinski definition) is 1. The molecule has 1 aromatic heterocycles. The summed E-state index contributed by atoms with van der Waals surface area (Å²) >= 11 is 11.8. The molecule has 0 spiro atoms. The van der Waals surface area contributed by atoms with Crippen LogP contribution >= 0.6 is 23.2 Å². The molecule has 0 aliphatic heterocycles. The quantitative estimate of drug-likeness (QED) is 0.267. The smallest absolute Gasteiger partial charge is 0.400 e. The van der Waals surface area contributed by atoms with Gasteiger partial charge < -0.3 is 19.7 Å². The summed E-state index contributed by atoms with van der Waals surface area (Å²) in [5.41, 5.74) is 6.10. The molecule has 0 atom stereocenters. The number of carbonyl (C=O) groups excluding carboxylic acids is 1. The third kappa shape index (κ3) is 5.03. The minimum Gasteiger partial charge on any atom is -0.484 e. The number of furan rings is 1. The molecule has 0 bridgehead atoms. The fraction of sp³-hybridized carbons (Fsp3) is 0.0526. The zero-order valence-electron chi connectivity index (χ0n) is 14.2. The second-order valence-corrected chi connectivity index (χ2v) is 6.34. The molecule has 0 saturated heterocycles. The Morgan fingerprint density at radius 1 is 1.11 bits per heavy atom. The Balaban J connectivity index is 1.59. The first-order valence-electron chi connectivity index (χ1n) is 7.89. The van der Waals surface area contributed by atoms with E-state index in [1.165, 1.54) is 30.3 Å². The Bertz CT molecular complexity index is 1020. The SMILES string of the molecule is N/C(=N\OC(=O)c1ccc(COc2ccc(Cl)cc2Cl)o1)c1ccc(F)cc1. The lowest BCUT2D eigenvalue weighted by Crippen LogP contribution is -2.15. The van der Waals surface area contributed by atoms with Crippen molar-refractivity contribution in [2.45, 2.75) is 6.61 Å². The molecule has 3 aromatic rings. The highest BCUT2D eigenvalue weighted by molar-refractivity contribution is 6.35. The van der Waals surface area contributed by atoms with E-state index in [9.17, 15) is 9.18 Å². The predicted molar refractivity (Wildman–Crippen MR) is 102 cm³/mol. The number of nitrogens with two attached hydrogens (primary N) is 1. The highest BCUT2D eigenvalue weighted by Gasteiger charge is 2.14.